The number of unbranched alkanes of at least 4 members (excludes halogenated alkanes) is 1. The van der Waals surface area contributed by atoms with Crippen LogP contribution in [0.15, 0.2) is 49.6 Å². The van der Waals surface area contributed by atoms with Gasteiger partial charge in [-0.1, -0.05) is 19.1 Å². The van der Waals surface area contributed by atoms with Crippen molar-refractivity contribution in [3.63, 3.8) is 0 Å². The van der Waals surface area contributed by atoms with E-state index in [9.17, 15) is 19.5 Å². The number of carbonyl (C=O) groups is 3. The number of rotatable bonds is 14. The number of hydrogen-bond acceptors (Lipinski definition) is 7. The predicted molar refractivity (Wildman–Crippen MR) is 159 cm³/mol. The summed E-state index contributed by atoms with van der Waals surface area (Å²) in [6.07, 6.45) is 5.22. The molecule has 6 atom stereocenters. The predicted octanol–water partition coefficient (Wildman–Crippen LogP) is 3.56. The molecule has 224 valence electrons. The van der Waals surface area contributed by atoms with Crippen molar-refractivity contribution in [3.05, 3.63) is 49.6 Å². The molecular weight excluding hydrogens is 522 g/mol. The van der Waals surface area contributed by atoms with E-state index in [0.717, 1.165) is 18.8 Å². The number of ether oxygens (including phenoxy) is 2. The van der Waals surface area contributed by atoms with E-state index in [1.165, 1.54) is 4.90 Å². The minimum atomic E-state index is -1.21. The molecule has 3 unspecified atom stereocenters. The first kappa shape index (κ1) is 30.8. The van der Waals surface area contributed by atoms with Crippen LogP contribution < -0.4 is 9.80 Å². The largest absolute Gasteiger partial charge is 0.465 e. The third kappa shape index (κ3) is 5.07. The Labute approximate surface area is 243 Å². The molecule has 1 aromatic carbocycles. The minimum Gasteiger partial charge on any atom is -0.465 e. The van der Waals surface area contributed by atoms with E-state index in [1.807, 2.05) is 38.1 Å². The van der Waals surface area contributed by atoms with Crippen LogP contribution in [0.4, 0.5) is 11.4 Å². The molecule has 2 amide bonds. The van der Waals surface area contributed by atoms with Gasteiger partial charge in [0.15, 0.2) is 0 Å². The fraction of sp³-hybridized carbons (Fsp3) is 0.594. The first-order chi connectivity index (χ1) is 19.6. The van der Waals surface area contributed by atoms with Crippen molar-refractivity contribution >= 4 is 29.2 Å². The standard InChI is InChI=1S/C32H45N3O6/c1-7-11-12-20-40-30(39)26-25-28(37)35(18-19-36)27(32(25)21-22(5)31(26,6)41-32)29(38)34(17-8-2)24-15-13-23(14-16-24)33(9-3)10-4/h7-8,13-16,22,25-27,36H,1-2,9-12,17-21H2,3-6H3/t22?,25-,26+,27?,31-,32?/m0/s1. The van der Waals surface area contributed by atoms with Crippen LogP contribution >= 0.6 is 0 Å². The summed E-state index contributed by atoms with van der Waals surface area (Å²) in [4.78, 5) is 47.3. The van der Waals surface area contributed by atoms with Gasteiger partial charge < -0.3 is 29.3 Å². The van der Waals surface area contributed by atoms with E-state index >= 15 is 0 Å². The lowest BCUT2D eigenvalue weighted by atomic mass is 9.62. The number of benzene rings is 1. The van der Waals surface area contributed by atoms with Crippen molar-refractivity contribution in [1.82, 2.24) is 4.90 Å². The number of aliphatic hydroxyl groups excluding tert-OH is 1. The van der Waals surface area contributed by atoms with Gasteiger partial charge in [-0.15, -0.1) is 13.2 Å². The minimum absolute atomic E-state index is 0.0358. The van der Waals surface area contributed by atoms with Crippen LogP contribution in [0.5, 0.6) is 0 Å². The first-order valence-corrected chi connectivity index (χ1v) is 14.8. The third-order valence-electron chi connectivity index (χ3n) is 9.31. The maximum absolute atomic E-state index is 14.5. The maximum atomic E-state index is 14.5. The van der Waals surface area contributed by atoms with Gasteiger partial charge in [0.2, 0.25) is 5.91 Å². The van der Waals surface area contributed by atoms with Gasteiger partial charge in [-0.05, 0) is 70.2 Å². The van der Waals surface area contributed by atoms with E-state index in [-0.39, 0.29) is 44.0 Å². The van der Waals surface area contributed by atoms with Gasteiger partial charge in [0, 0.05) is 37.6 Å². The SMILES string of the molecule is C=CCCCOC(=O)[C@H]1[C@H]2C(=O)N(CCO)C(C(=O)N(CC=C)c3ccc(N(CC)CC)cc3)C23CC(C)[C@]1(C)O3. The van der Waals surface area contributed by atoms with Gasteiger partial charge in [-0.2, -0.15) is 0 Å². The molecule has 3 aliphatic rings. The van der Waals surface area contributed by atoms with Gasteiger partial charge in [0.1, 0.15) is 17.6 Å². The van der Waals surface area contributed by atoms with E-state index in [2.05, 4.69) is 31.9 Å². The summed E-state index contributed by atoms with van der Waals surface area (Å²) in [6, 6.07) is 6.77. The third-order valence-corrected chi connectivity index (χ3v) is 9.31. The van der Waals surface area contributed by atoms with Crippen molar-refractivity contribution < 1.29 is 29.0 Å². The topological polar surface area (TPSA) is 99.6 Å². The molecule has 3 fully saturated rings. The number of carbonyl (C=O) groups excluding carboxylic acids is 3. The summed E-state index contributed by atoms with van der Waals surface area (Å²) in [7, 11) is 0. The second kappa shape index (κ2) is 12.4. The number of hydrogen-bond donors (Lipinski definition) is 1. The number of esters is 1. The summed E-state index contributed by atoms with van der Waals surface area (Å²) < 4.78 is 12.4. The van der Waals surface area contributed by atoms with E-state index in [4.69, 9.17) is 9.47 Å². The second-order valence-electron chi connectivity index (χ2n) is 11.5. The highest BCUT2D eigenvalue weighted by molar-refractivity contribution is 6.05. The van der Waals surface area contributed by atoms with E-state index < -0.39 is 35.0 Å². The number of nitrogens with zero attached hydrogens (tertiary/aromatic N) is 3. The fourth-order valence-corrected chi connectivity index (χ4v) is 7.25. The van der Waals surface area contributed by atoms with Crippen LogP contribution in [0.2, 0.25) is 0 Å². The summed E-state index contributed by atoms with van der Waals surface area (Å²) in [5, 5.41) is 9.93. The van der Waals surface area contributed by atoms with E-state index in [0.29, 0.717) is 24.9 Å². The monoisotopic (exact) mass is 567 g/mol. The molecule has 1 spiro atoms. The molecule has 3 aliphatic heterocycles. The Balaban J connectivity index is 1.72. The zero-order chi connectivity index (χ0) is 29.9. The van der Waals surface area contributed by atoms with Crippen LogP contribution in [-0.2, 0) is 23.9 Å². The van der Waals surface area contributed by atoms with Gasteiger partial charge in [-0.3, -0.25) is 14.4 Å². The Hall–Kier alpha value is -3.17. The second-order valence-corrected chi connectivity index (χ2v) is 11.5. The van der Waals surface area contributed by atoms with Crippen LogP contribution in [0, 0.1) is 17.8 Å². The van der Waals surface area contributed by atoms with Gasteiger partial charge in [-0.25, -0.2) is 0 Å². The van der Waals surface area contributed by atoms with Crippen LogP contribution in [0.1, 0.15) is 47.0 Å². The fourth-order valence-electron chi connectivity index (χ4n) is 7.25. The van der Waals surface area contributed by atoms with Gasteiger partial charge in [0.25, 0.3) is 5.91 Å². The molecule has 9 heteroatoms. The molecule has 3 saturated heterocycles. The highest BCUT2D eigenvalue weighted by Crippen LogP contribution is 2.65. The summed E-state index contributed by atoms with van der Waals surface area (Å²) >= 11 is 0. The number of anilines is 2. The molecule has 0 aliphatic carbocycles. The normalized spacial score (nSPS) is 29.8. The molecule has 4 rings (SSSR count). The average molecular weight is 568 g/mol. The van der Waals surface area contributed by atoms with Gasteiger partial charge >= 0.3 is 5.97 Å². The Morgan fingerprint density at radius 1 is 1.17 bits per heavy atom. The van der Waals surface area contributed by atoms with Crippen molar-refractivity contribution in [2.45, 2.75) is 64.2 Å². The number of fused-ring (bicyclic) bond motifs is 1. The Kier molecular flexibility index (Phi) is 9.29. The van der Waals surface area contributed by atoms with Crippen LogP contribution in [0.3, 0.4) is 0 Å². The number of amides is 2. The van der Waals surface area contributed by atoms with E-state index in [1.54, 1.807) is 17.1 Å². The van der Waals surface area contributed by atoms with Crippen LogP contribution in [0.25, 0.3) is 0 Å². The number of β-amino-alcohol motifs (C(OH)–C–C–N with tert-alkyl or cyclic N) is 1. The van der Waals surface area contributed by atoms with Crippen molar-refractivity contribution in [1.29, 1.82) is 0 Å². The molecule has 1 aromatic rings. The molecular formula is C32H45N3O6. The Morgan fingerprint density at radius 2 is 1.83 bits per heavy atom. The number of likely N-dealkylation sites (tertiary alicyclic amines) is 1. The zero-order valence-electron chi connectivity index (χ0n) is 24.9. The lowest BCUT2D eigenvalue weighted by Gasteiger charge is -2.37. The highest BCUT2D eigenvalue weighted by atomic mass is 16.6. The smallest absolute Gasteiger partial charge is 0.312 e. The Morgan fingerprint density at radius 3 is 2.41 bits per heavy atom. The molecule has 0 saturated carbocycles. The summed E-state index contributed by atoms with van der Waals surface area (Å²) in [5.74, 6) is -2.95. The maximum Gasteiger partial charge on any atom is 0.312 e. The lowest BCUT2D eigenvalue weighted by Crippen LogP contribution is -2.57. The molecule has 2 bridgehead atoms. The summed E-state index contributed by atoms with van der Waals surface area (Å²) in [6.45, 7) is 17.4. The first-order valence-electron chi connectivity index (χ1n) is 14.8. The lowest BCUT2D eigenvalue weighted by molar-refractivity contribution is -0.161. The van der Waals surface area contributed by atoms with Crippen molar-refractivity contribution in [3.8, 4) is 0 Å². The molecule has 9 nitrogen and oxygen atoms in total. The molecule has 1 N–H and O–H groups in total. The molecule has 41 heavy (non-hydrogen) atoms. The Bertz CT molecular complexity index is 1150. The van der Waals surface area contributed by atoms with Gasteiger partial charge in [0.05, 0.1) is 24.7 Å². The molecule has 3 heterocycles. The number of aliphatic hydroxyl groups is 1. The quantitative estimate of drug-likeness (QED) is 0.209. The van der Waals surface area contributed by atoms with Crippen molar-refractivity contribution in [2.75, 3.05) is 49.2 Å². The summed E-state index contributed by atoms with van der Waals surface area (Å²) in [5.41, 5.74) is -0.431. The highest BCUT2D eigenvalue weighted by Gasteiger charge is 2.80. The number of allylic oxidation sites excluding steroid dienone is 1. The van der Waals surface area contributed by atoms with Crippen molar-refractivity contribution in [2.24, 2.45) is 17.8 Å². The van der Waals surface area contributed by atoms with Crippen LogP contribution in [-0.4, -0.2) is 84.4 Å². The molecule has 0 radical (unpaired) electrons. The zero-order valence-corrected chi connectivity index (χ0v) is 24.9. The molecule has 0 aromatic heterocycles. The average Bonchev–Trinajstić information content (AvgIpc) is 3.47.